The number of carbonyl (C=O) groups excluding carboxylic acids is 4. The van der Waals surface area contributed by atoms with Crippen molar-refractivity contribution < 1.29 is 28.7 Å². The largest absolute Gasteiger partial charge is 0.462 e. The zero-order valence-corrected chi connectivity index (χ0v) is 21.9. The zero-order chi connectivity index (χ0) is 27.1. The Labute approximate surface area is 223 Å². The summed E-state index contributed by atoms with van der Waals surface area (Å²) in [4.78, 5) is 50.7. The van der Waals surface area contributed by atoms with Gasteiger partial charge in [-0.05, 0) is 87.1 Å². The van der Waals surface area contributed by atoms with Gasteiger partial charge in [0.05, 0.1) is 23.9 Å². The molecule has 196 valence electrons. The maximum absolute atomic E-state index is 12.5. The number of nitrogens with one attached hydrogen (secondary N) is 2. The molecule has 2 amide bonds. The SMILES string of the molecule is CCOC(=O)c1c(NC(=O)C(=O)NN=Cc2ccc(OC(=O)c3cccc(C)c3)cc2)sc2c1CCCC2. The number of carbonyl (C=O) groups is 4. The van der Waals surface area contributed by atoms with Crippen molar-refractivity contribution in [1.82, 2.24) is 5.43 Å². The highest BCUT2D eigenvalue weighted by atomic mass is 32.1. The summed E-state index contributed by atoms with van der Waals surface area (Å²) < 4.78 is 10.5. The molecule has 0 fully saturated rings. The van der Waals surface area contributed by atoms with E-state index in [0.29, 0.717) is 27.4 Å². The molecule has 2 N–H and O–H groups in total. The summed E-state index contributed by atoms with van der Waals surface area (Å²) in [5, 5.41) is 6.68. The van der Waals surface area contributed by atoms with Crippen LogP contribution in [-0.2, 0) is 27.2 Å². The molecule has 0 bridgehead atoms. The summed E-state index contributed by atoms with van der Waals surface area (Å²) in [5.41, 5.74) is 5.42. The molecule has 1 aliphatic rings. The zero-order valence-electron chi connectivity index (χ0n) is 21.0. The first kappa shape index (κ1) is 26.7. The minimum Gasteiger partial charge on any atom is -0.462 e. The molecule has 38 heavy (non-hydrogen) atoms. The van der Waals surface area contributed by atoms with Gasteiger partial charge in [-0.3, -0.25) is 9.59 Å². The molecule has 0 atom stereocenters. The second kappa shape index (κ2) is 12.3. The molecule has 0 saturated carbocycles. The Balaban J connectivity index is 1.34. The third kappa shape index (κ3) is 6.51. The van der Waals surface area contributed by atoms with E-state index in [0.717, 1.165) is 41.7 Å². The van der Waals surface area contributed by atoms with Gasteiger partial charge in [0.1, 0.15) is 10.8 Å². The van der Waals surface area contributed by atoms with E-state index in [-0.39, 0.29) is 6.61 Å². The summed E-state index contributed by atoms with van der Waals surface area (Å²) in [6.07, 6.45) is 4.87. The summed E-state index contributed by atoms with van der Waals surface area (Å²) in [7, 11) is 0. The molecule has 1 heterocycles. The maximum atomic E-state index is 12.5. The topological polar surface area (TPSA) is 123 Å². The molecule has 0 radical (unpaired) electrons. The number of aryl methyl sites for hydroxylation is 2. The number of anilines is 1. The highest BCUT2D eigenvalue weighted by Gasteiger charge is 2.28. The smallest absolute Gasteiger partial charge is 0.343 e. The third-order valence-electron chi connectivity index (χ3n) is 5.81. The van der Waals surface area contributed by atoms with Gasteiger partial charge in [0.15, 0.2) is 0 Å². The van der Waals surface area contributed by atoms with Crippen molar-refractivity contribution in [1.29, 1.82) is 0 Å². The van der Waals surface area contributed by atoms with E-state index in [1.807, 2.05) is 13.0 Å². The number of amides is 2. The monoisotopic (exact) mass is 533 g/mol. The molecule has 1 aromatic heterocycles. The number of nitrogens with zero attached hydrogens (tertiary/aromatic N) is 1. The summed E-state index contributed by atoms with van der Waals surface area (Å²) in [5.74, 6) is -2.54. The lowest BCUT2D eigenvalue weighted by molar-refractivity contribution is -0.136. The van der Waals surface area contributed by atoms with Crippen LogP contribution in [0.25, 0.3) is 0 Å². The average molecular weight is 534 g/mol. The minimum absolute atomic E-state index is 0.210. The number of fused-ring (bicyclic) bond motifs is 1. The highest BCUT2D eigenvalue weighted by Crippen LogP contribution is 2.38. The van der Waals surface area contributed by atoms with Crippen molar-refractivity contribution in [3.8, 4) is 5.75 Å². The van der Waals surface area contributed by atoms with E-state index < -0.39 is 23.8 Å². The first-order valence-electron chi connectivity index (χ1n) is 12.2. The van der Waals surface area contributed by atoms with Crippen LogP contribution in [0.5, 0.6) is 5.75 Å². The fourth-order valence-electron chi connectivity index (χ4n) is 4.01. The molecular formula is C28H27N3O6S. The molecule has 4 rings (SSSR count). The quantitative estimate of drug-likeness (QED) is 0.152. The predicted octanol–water partition coefficient (Wildman–Crippen LogP) is 4.42. The third-order valence-corrected chi connectivity index (χ3v) is 7.02. The van der Waals surface area contributed by atoms with Crippen LogP contribution in [0.4, 0.5) is 5.00 Å². The molecule has 10 heteroatoms. The number of hydrazone groups is 1. The van der Waals surface area contributed by atoms with Gasteiger partial charge in [0.2, 0.25) is 0 Å². The Morgan fingerprint density at radius 1 is 1.00 bits per heavy atom. The first-order valence-corrected chi connectivity index (χ1v) is 13.0. The molecular weight excluding hydrogens is 506 g/mol. The fourth-order valence-corrected chi connectivity index (χ4v) is 5.28. The Bertz CT molecular complexity index is 1390. The van der Waals surface area contributed by atoms with E-state index in [9.17, 15) is 19.2 Å². The van der Waals surface area contributed by atoms with Crippen LogP contribution in [0.2, 0.25) is 0 Å². The summed E-state index contributed by atoms with van der Waals surface area (Å²) in [6, 6.07) is 13.6. The van der Waals surface area contributed by atoms with Gasteiger partial charge in [-0.1, -0.05) is 17.7 Å². The summed E-state index contributed by atoms with van der Waals surface area (Å²) in [6.45, 7) is 3.82. The van der Waals surface area contributed by atoms with Gasteiger partial charge in [-0.15, -0.1) is 11.3 Å². The number of rotatable bonds is 7. The second-order valence-electron chi connectivity index (χ2n) is 8.62. The van der Waals surface area contributed by atoms with Crippen LogP contribution >= 0.6 is 11.3 Å². The van der Waals surface area contributed by atoms with Gasteiger partial charge >= 0.3 is 23.8 Å². The Hall–Kier alpha value is -4.31. The van der Waals surface area contributed by atoms with E-state index in [4.69, 9.17) is 9.47 Å². The van der Waals surface area contributed by atoms with Crippen molar-refractivity contribution in [2.24, 2.45) is 5.10 Å². The number of hydrogen-bond acceptors (Lipinski definition) is 8. The van der Waals surface area contributed by atoms with E-state index in [1.54, 1.807) is 49.4 Å². The number of ether oxygens (including phenoxy) is 2. The van der Waals surface area contributed by atoms with Crippen LogP contribution in [-0.4, -0.2) is 36.6 Å². The highest BCUT2D eigenvalue weighted by molar-refractivity contribution is 7.17. The lowest BCUT2D eigenvalue weighted by Crippen LogP contribution is -2.32. The molecule has 0 aliphatic heterocycles. The molecule has 1 aliphatic carbocycles. The van der Waals surface area contributed by atoms with Crippen LogP contribution in [0, 0.1) is 6.92 Å². The lowest BCUT2D eigenvalue weighted by Gasteiger charge is -2.12. The molecule has 0 saturated heterocycles. The van der Waals surface area contributed by atoms with Crippen molar-refractivity contribution >= 4 is 46.3 Å². The molecule has 0 spiro atoms. The van der Waals surface area contributed by atoms with Gasteiger partial charge in [-0.25, -0.2) is 15.0 Å². The average Bonchev–Trinajstić information content (AvgIpc) is 3.27. The molecule has 9 nitrogen and oxygen atoms in total. The number of hydrogen-bond donors (Lipinski definition) is 2. The molecule has 3 aromatic rings. The van der Waals surface area contributed by atoms with Crippen LogP contribution in [0.15, 0.2) is 53.6 Å². The van der Waals surface area contributed by atoms with Crippen molar-refractivity contribution in [2.75, 3.05) is 11.9 Å². The van der Waals surface area contributed by atoms with E-state index in [2.05, 4.69) is 15.8 Å². The molecule has 2 aromatic carbocycles. The van der Waals surface area contributed by atoms with Crippen LogP contribution in [0.3, 0.4) is 0 Å². The fraction of sp³-hybridized carbons (Fsp3) is 0.250. The Morgan fingerprint density at radius 3 is 2.50 bits per heavy atom. The van der Waals surface area contributed by atoms with Gasteiger partial charge < -0.3 is 14.8 Å². The Kier molecular flexibility index (Phi) is 8.65. The van der Waals surface area contributed by atoms with Gasteiger partial charge in [0.25, 0.3) is 0 Å². The normalized spacial score (nSPS) is 12.5. The van der Waals surface area contributed by atoms with Crippen molar-refractivity contribution in [3.63, 3.8) is 0 Å². The molecule has 0 unspecified atom stereocenters. The second-order valence-corrected chi connectivity index (χ2v) is 9.72. The standard InChI is InChI=1S/C28H27N3O6S/c1-3-36-28(35)23-21-9-4-5-10-22(21)38-26(23)30-24(32)25(33)31-29-16-18-11-13-20(14-12-18)37-27(34)19-8-6-7-17(2)15-19/h6-8,11-16H,3-5,9-10H2,1-2H3,(H,30,32)(H,31,33). The maximum Gasteiger partial charge on any atom is 0.343 e. The van der Waals surface area contributed by atoms with Crippen LogP contribution in [0.1, 0.15) is 62.0 Å². The first-order chi connectivity index (χ1) is 18.4. The minimum atomic E-state index is -0.980. The number of benzene rings is 2. The van der Waals surface area contributed by atoms with E-state index in [1.165, 1.54) is 17.6 Å². The van der Waals surface area contributed by atoms with Crippen molar-refractivity contribution in [3.05, 3.63) is 81.2 Å². The van der Waals surface area contributed by atoms with Gasteiger partial charge in [-0.2, -0.15) is 5.10 Å². The van der Waals surface area contributed by atoms with E-state index >= 15 is 0 Å². The van der Waals surface area contributed by atoms with Crippen LogP contribution < -0.4 is 15.5 Å². The number of esters is 2. The lowest BCUT2D eigenvalue weighted by atomic mass is 9.95. The Morgan fingerprint density at radius 2 is 1.76 bits per heavy atom. The van der Waals surface area contributed by atoms with Crippen molar-refractivity contribution in [2.45, 2.75) is 39.5 Å². The van der Waals surface area contributed by atoms with Gasteiger partial charge in [0, 0.05) is 4.88 Å². The summed E-state index contributed by atoms with van der Waals surface area (Å²) >= 11 is 1.30. The number of thiophene rings is 1. The predicted molar refractivity (Wildman–Crippen MR) is 144 cm³/mol.